The number of hydrogen-bond acceptors (Lipinski definition) is 7. The molecule has 3 N–H and O–H groups in total. The molecule has 1 saturated heterocycles. The van der Waals surface area contributed by atoms with Crippen LogP contribution in [0.4, 0.5) is 17.5 Å². The minimum absolute atomic E-state index is 0.187. The molecular weight excluding hydrogens is 424 g/mol. The third-order valence-electron chi connectivity index (χ3n) is 7.12. The van der Waals surface area contributed by atoms with Crippen molar-refractivity contribution in [2.75, 3.05) is 30.8 Å². The molecule has 0 unspecified atom stereocenters. The normalized spacial score (nSPS) is 21.8. The Morgan fingerprint density at radius 2 is 1.68 bits per heavy atom. The molecule has 7 nitrogen and oxygen atoms in total. The molecule has 2 fully saturated rings. The predicted molar refractivity (Wildman–Crippen MR) is 136 cm³/mol. The van der Waals surface area contributed by atoms with Gasteiger partial charge < -0.3 is 20.6 Å². The first-order valence-corrected chi connectivity index (χ1v) is 12.4. The number of piperidine rings is 1. The van der Waals surface area contributed by atoms with Crippen molar-refractivity contribution in [2.45, 2.75) is 56.6 Å². The molecular formula is C27H34N6O. The molecule has 0 spiro atoms. The van der Waals surface area contributed by atoms with E-state index < -0.39 is 0 Å². The largest absolute Gasteiger partial charge is 0.393 e. The molecule has 0 radical (unpaired) electrons. The summed E-state index contributed by atoms with van der Waals surface area (Å²) in [6.45, 7) is 2.33. The lowest BCUT2D eigenvalue weighted by atomic mass is 9.89. The number of likely N-dealkylation sites (tertiary alicyclic amines) is 1. The topological polar surface area (TPSA) is 86.2 Å². The maximum atomic E-state index is 9.87. The number of aliphatic hydroxyl groups is 1. The van der Waals surface area contributed by atoms with Gasteiger partial charge in [0.2, 0.25) is 5.95 Å². The van der Waals surface area contributed by atoms with Crippen LogP contribution >= 0.6 is 0 Å². The van der Waals surface area contributed by atoms with Crippen molar-refractivity contribution in [3.8, 4) is 11.3 Å². The molecule has 34 heavy (non-hydrogen) atoms. The standard InChI is InChI=1S/C27H34N6O/c1-33-16-13-20(14-17-33)19-5-7-22(8-6-19)31-27-29-18-24(25-4-2-3-15-28-25)26(32-27)30-21-9-11-23(34)12-10-21/h2-8,15,18,20-21,23,34H,9-14,16-17H2,1H3,(H2,29,30,31,32). The van der Waals surface area contributed by atoms with Crippen molar-refractivity contribution in [1.82, 2.24) is 19.9 Å². The van der Waals surface area contributed by atoms with Crippen LogP contribution in [0, 0.1) is 0 Å². The van der Waals surface area contributed by atoms with Crippen LogP contribution in [0.2, 0.25) is 0 Å². The van der Waals surface area contributed by atoms with Crippen LogP contribution in [-0.2, 0) is 0 Å². The third-order valence-corrected chi connectivity index (χ3v) is 7.12. The molecule has 1 aliphatic carbocycles. The molecule has 2 aliphatic rings. The van der Waals surface area contributed by atoms with E-state index in [2.05, 4.69) is 56.8 Å². The van der Waals surface area contributed by atoms with Gasteiger partial charge >= 0.3 is 0 Å². The van der Waals surface area contributed by atoms with Crippen molar-refractivity contribution in [3.05, 3.63) is 60.4 Å². The highest BCUT2D eigenvalue weighted by Gasteiger charge is 2.22. The fourth-order valence-corrected chi connectivity index (χ4v) is 4.98. The molecule has 2 aromatic heterocycles. The maximum Gasteiger partial charge on any atom is 0.229 e. The molecule has 5 rings (SSSR count). The lowest BCUT2D eigenvalue weighted by Crippen LogP contribution is -2.29. The second kappa shape index (κ2) is 10.5. The van der Waals surface area contributed by atoms with Gasteiger partial charge in [0.05, 0.1) is 17.4 Å². The zero-order valence-corrected chi connectivity index (χ0v) is 19.8. The Morgan fingerprint density at radius 1 is 0.912 bits per heavy atom. The smallest absolute Gasteiger partial charge is 0.229 e. The Morgan fingerprint density at radius 3 is 2.38 bits per heavy atom. The summed E-state index contributed by atoms with van der Waals surface area (Å²) in [4.78, 5) is 16.3. The fourth-order valence-electron chi connectivity index (χ4n) is 4.98. The number of rotatable bonds is 6. The van der Waals surface area contributed by atoms with Crippen LogP contribution in [0.5, 0.6) is 0 Å². The minimum Gasteiger partial charge on any atom is -0.393 e. The number of hydrogen-bond donors (Lipinski definition) is 3. The van der Waals surface area contributed by atoms with Gasteiger partial charge in [0.15, 0.2) is 0 Å². The van der Waals surface area contributed by atoms with Gasteiger partial charge in [-0.1, -0.05) is 18.2 Å². The van der Waals surface area contributed by atoms with E-state index >= 15 is 0 Å². The minimum atomic E-state index is -0.187. The Bertz CT molecular complexity index is 1060. The van der Waals surface area contributed by atoms with Crippen LogP contribution < -0.4 is 10.6 Å². The molecule has 0 bridgehead atoms. The Balaban J connectivity index is 1.33. The number of nitrogens with zero attached hydrogens (tertiary/aromatic N) is 4. The van der Waals surface area contributed by atoms with Crippen molar-refractivity contribution in [1.29, 1.82) is 0 Å². The first kappa shape index (κ1) is 22.7. The predicted octanol–water partition coefficient (Wildman–Crippen LogP) is 4.81. The summed E-state index contributed by atoms with van der Waals surface area (Å²) in [6.07, 6.45) is 9.35. The number of aliphatic hydroxyl groups excluding tert-OH is 1. The highest BCUT2D eigenvalue weighted by molar-refractivity contribution is 5.73. The van der Waals surface area contributed by atoms with Gasteiger partial charge in [-0.3, -0.25) is 4.98 Å². The molecule has 3 heterocycles. The first-order valence-electron chi connectivity index (χ1n) is 12.4. The first-order chi connectivity index (χ1) is 16.6. The van der Waals surface area contributed by atoms with Crippen LogP contribution in [0.1, 0.15) is 50.0 Å². The zero-order valence-electron chi connectivity index (χ0n) is 19.8. The van der Waals surface area contributed by atoms with E-state index in [9.17, 15) is 5.11 Å². The Labute approximate surface area is 201 Å². The molecule has 178 valence electrons. The lowest BCUT2D eigenvalue weighted by Gasteiger charge is -2.29. The molecule has 3 aromatic rings. The SMILES string of the molecule is CN1CCC(c2ccc(Nc3ncc(-c4ccccn4)c(NC4CCC(O)CC4)n3)cc2)CC1. The van der Waals surface area contributed by atoms with E-state index in [-0.39, 0.29) is 12.1 Å². The van der Waals surface area contributed by atoms with Gasteiger partial charge in [-0.05, 0) is 94.4 Å². The zero-order chi connectivity index (χ0) is 23.3. The molecule has 1 aromatic carbocycles. The van der Waals surface area contributed by atoms with Crippen molar-refractivity contribution < 1.29 is 5.11 Å². The molecule has 0 amide bonds. The van der Waals surface area contributed by atoms with E-state index in [1.807, 2.05) is 24.4 Å². The van der Waals surface area contributed by atoms with Gasteiger partial charge in [-0.2, -0.15) is 4.98 Å². The van der Waals surface area contributed by atoms with E-state index in [0.29, 0.717) is 11.9 Å². The summed E-state index contributed by atoms with van der Waals surface area (Å²) in [5.74, 6) is 1.98. The van der Waals surface area contributed by atoms with Crippen LogP contribution in [0.3, 0.4) is 0 Å². The third kappa shape index (κ3) is 5.54. The van der Waals surface area contributed by atoms with E-state index in [0.717, 1.165) is 61.5 Å². The molecule has 0 atom stereocenters. The lowest BCUT2D eigenvalue weighted by molar-refractivity contribution is 0.126. The molecule has 1 saturated carbocycles. The van der Waals surface area contributed by atoms with Crippen LogP contribution in [0.15, 0.2) is 54.9 Å². The van der Waals surface area contributed by atoms with E-state index in [1.165, 1.54) is 18.4 Å². The second-order valence-electron chi connectivity index (χ2n) is 9.65. The highest BCUT2D eigenvalue weighted by atomic mass is 16.3. The number of pyridine rings is 1. The molecule has 1 aliphatic heterocycles. The quantitative estimate of drug-likeness (QED) is 0.489. The van der Waals surface area contributed by atoms with Crippen molar-refractivity contribution in [3.63, 3.8) is 0 Å². The van der Waals surface area contributed by atoms with Crippen LogP contribution in [-0.4, -0.2) is 57.2 Å². The summed E-state index contributed by atoms with van der Waals surface area (Å²) in [5.41, 5.74) is 4.12. The van der Waals surface area contributed by atoms with E-state index in [1.54, 1.807) is 6.20 Å². The Hall–Kier alpha value is -3.03. The van der Waals surface area contributed by atoms with Crippen molar-refractivity contribution >= 4 is 17.5 Å². The van der Waals surface area contributed by atoms with Crippen molar-refractivity contribution in [2.24, 2.45) is 0 Å². The summed E-state index contributed by atoms with van der Waals surface area (Å²) in [6, 6.07) is 14.8. The van der Waals surface area contributed by atoms with Gasteiger partial charge in [-0.15, -0.1) is 0 Å². The fraction of sp³-hybridized carbons (Fsp3) is 0.444. The highest BCUT2D eigenvalue weighted by Crippen LogP contribution is 2.31. The number of aromatic nitrogens is 3. The van der Waals surface area contributed by atoms with Gasteiger partial charge in [0, 0.05) is 24.1 Å². The number of nitrogens with one attached hydrogen (secondary N) is 2. The summed E-state index contributed by atoms with van der Waals surface area (Å²) >= 11 is 0. The van der Waals surface area contributed by atoms with E-state index in [4.69, 9.17) is 4.98 Å². The average molecular weight is 459 g/mol. The Kier molecular flexibility index (Phi) is 7.02. The van der Waals surface area contributed by atoms with Crippen LogP contribution in [0.25, 0.3) is 11.3 Å². The number of anilines is 3. The second-order valence-corrected chi connectivity index (χ2v) is 9.65. The van der Waals surface area contributed by atoms with Gasteiger partial charge in [0.25, 0.3) is 0 Å². The summed E-state index contributed by atoms with van der Waals surface area (Å²) < 4.78 is 0. The average Bonchev–Trinajstić information content (AvgIpc) is 2.87. The van der Waals surface area contributed by atoms with Gasteiger partial charge in [-0.25, -0.2) is 4.98 Å². The number of benzene rings is 1. The summed E-state index contributed by atoms with van der Waals surface area (Å²) in [5, 5.41) is 16.9. The molecule has 7 heteroatoms. The monoisotopic (exact) mass is 458 g/mol. The summed E-state index contributed by atoms with van der Waals surface area (Å²) in [7, 11) is 2.20. The maximum absolute atomic E-state index is 9.87. The van der Waals surface area contributed by atoms with Gasteiger partial charge in [0.1, 0.15) is 5.82 Å².